The van der Waals surface area contributed by atoms with Crippen LogP contribution in [0.4, 0.5) is 0 Å². The average Bonchev–Trinajstić information content (AvgIpc) is 2.62. The molecule has 0 atom stereocenters. The summed E-state index contributed by atoms with van der Waals surface area (Å²) in [6.45, 7) is 7.98. The fraction of sp³-hybridized carbons (Fsp3) is 0.667. The Bertz CT molecular complexity index is 358. The zero-order chi connectivity index (χ0) is 12.1. The van der Waals surface area contributed by atoms with Crippen molar-refractivity contribution in [3.8, 4) is 0 Å². The van der Waals surface area contributed by atoms with E-state index in [0.717, 1.165) is 27.1 Å². The Kier molecular flexibility index (Phi) is 5.49. The van der Waals surface area contributed by atoms with Gasteiger partial charge in [-0.25, -0.2) is 4.98 Å². The van der Waals surface area contributed by atoms with Crippen LogP contribution in [-0.4, -0.2) is 16.5 Å². The van der Waals surface area contributed by atoms with E-state index in [9.17, 15) is 4.79 Å². The molecule has 0 radical (unpaired) electrons. The first kappa shape index (κ1) is 13.7. The van der Waals surface area contributed by atoms with Crippen molar-refractivity contribution in [3.63, 3.8) is 0 Å². The van der Waals surface area contributed by atoms with Crippen molar-refractivity contribution < 1.29 is 4.79 Å². The molecule has 16 heavy (non-hydrogen) atoms. The van der Waals surface area contributed by atoms with Gasteiger partial charge < -0.3 is 0 Å². The number of hydrogen-bond donors (Lipinski definition) is 0. The molecule has 0 amide bonds. The Hall–Kier alpha value is -0.350. The summed E-state index contributed by atoms with van der Waals surface area (Å²) < 4.78 is 0. The summed E-state index contributed by atoms with van der Waals surface area (Å²) in [5.74, 6) is 2.57. The molecule has 0 aliphatic carbocycles. The number of carbonyl (C=O) groups excluding carboxylic acids is 1. The highest BCUT2D eigenvalue weighted by Crippen LogP contribution is 2.27. The van der Waals surface area contributed by atoms with Crippen molar-refractivity contribution in [2.45, 2.75) is 45.8 Å². The minimum Gasteiger partial charge on any atom is -0.294 e. The van der Waals surface area contributed by atoms with Gasteiger partial charge in [-0.2, -0.15) is 11.8 Å². The topological polar surface area (TPSA) is 30.0 Å². The summed E-state index contributed by atoms with van der Waals surface area (Å²) in [6, 6.07) is 0. The van der Waals surface area contributed by atoms with E-state index in [-0.39, 0.29) is 5.78 Å². The molecule has 1 heterocycles. The predicted octanol–water partition coefficient (Wildman–Crippen LogP) is 4.11. The number of hydrogen-bond acceptors (Lipinski definition) is 4. The molecule has 0 spiro atoms. The summed E-state index contributed by atoms with van der Waals surface area (Å²) in [7, 11) is 0. The Labute approximate surface area is 106 Å². The van der Waals surface area contributed by atoms with Crippen LogP contribution < -0.4 is 0 Å². The summed E-state index contributed by atoms with van der Waals surface area (Å²) in [4.78, 5) is 16.9. The highest BCUT2D eigenvalue weighted by Gasteiger charge is 2.17. The Morgan fingerprint density at radius 2 is 2.19 bits per heavy atom. The van der Waals surface area contributed by atoms with Crippen LogP contribution in [0.25, 0.3) is 0 Å². The highest BCUT2D eigenvalue weighted by atomic mass is 32.2. The Morgan fingerprint density at radius 1 is 1.50 bits per heavy atom. The van der Waals surface area contributed by atoms with Crippen molar-refractivity contribution >= 4 is 28.9 Å². The number of thiazole rings is 1. The maximum atomic E-state index is 11.5. The summed E-state index contributed by atoms with van der Waals surface area (Å²) in [5.41, 5.74) is 0.976. The van der Waals surface area contributed by atoms with Crippen molar-refractivity contribution in [1.29, 1.82) is 0 Å². The van der Waals surface area contributed by atoms with Crippen LogP contribution in [0.15, 0.2) is 0 Å². The van der Waals surface area contributed by atoms with Gasteiger partial charge in [0.05, 0.1) is 10.6 Å². The number of Topliss-reactive ketones (excluding diaryl/α,β-unsaturated/α-hetero) is 1. The van der Waals surface area contributed by atoms with Crippen molar-refractivity contribution in [2.24, 2.45) is 0 Å². The fourth-order valence-corrected chi connectivity index (χ4v) is 3.45. The minimum absolute atomic E-state index is 0.146. The third kappa shape index (κ3) is 3.59. The molecule has 1 aromatic rings. The van der Waals surface area contributed by atoms with E-state index in [1.165, 1.54) is 6.42 Å². The predicted molar refractivity (Wildman–Crippen MR) is 72.7 cm³/mol. The van der Waals surface area contributed by atoms with E-state index in [2.05, 4.69) is 25.8 Å². The zero-order valence-electron chi connectivity index (χ0n) is 10.4. The molecule has 0 saturated heterocycles. The molecule has 90 valence electrons. The molecule has 4 heteroatoms. The first-order chi connectivity index (χ1) is 7.56. The summed E-state index contributed by atoms with van der Waals surface area (Å²) >= 11 is 3.45. The smallest absolute Gasteiger partial charge is 0.171 e. The lowest BCUT2D eigenvalue weighted by Gasteiger charge is -2.01. The maximum Gasteiger partial charge on any atom is 0.171 e. The van der Waals surface area contributed by atoms with E-state index in [1.54, 1.807) is 18.3 Å². The van der Waals surface area contributed by atoms with E-state index < -0.39 is 0 Å². The second kappa shape index (κ2) is 6.40. The van der Waals surface area contributed by atoms with Crippen LogP contribution in [-0.2, 0) is 5.75 Å². The molecule has 0 bridgehead atoms. The molecule has 1 rings (SSSR count). The highest BCUT2D eigenvalue weighted by molar-refractivity contribution is 7.98. The molecule has 0 aliphatic heterocycles. The first-order valence-electron chi connectivity index (χ1n) is 5.64. The molecule has 0 aliphatic rings. The van der Waals surface area contributed by atoms with Gasteiger partial charge in [0.15, 0.2) is 5.78 Å². The van der Waals surface area contributed by atoms with Gasteiger partial charge in [-0.3, -0.25) is 4.79 Å². The molecule has 0 unspecified atom stereocenters. The van der Waals surface area contributed by atoms with Crippen LogP contribution in [0, 0.1) is 0 Å². The number of thioether (sulfide) groups is 1. The van der Waals surface area contributed by atoms with E-state index in [1.807, 2.05) is 11.8 Å². The summed E-state index contributed by atoms with van der Waals surface area (Å²) in [5, 5.41) is 1.09. The Morgan fingerprint density at radius 3 is 2.62 bits per heavy atom. The molecule has 2 nitrogen and oxygen atoms in total. The van der Waals surface area contributed by atoms with Crippen LogP contribution in [0.3, 0.4) is 0 Å². The number of rotatable bonds is 6. The van der Waals surface area contributed by atoms with Gasteiger partial charge in [-0.05, 0) is 18.1 Å². The Balaban J connectivity index is 2.80. The normalized spacial score (nSPS) is 11.1. The molecule has 0 fully saturated rings. The van der Waals surface area contributed by atoms with Gasteiger partial charge >= 0.3 is 0 Å². The standard InChI is InChI=1S/C12H19NOS2/c1-5-6-15-7-10-13-11(8(2)3)12(16-10)9(4)14/h8H,5-7H2,1-4H3. The van der Waals surface area contributed by atoms with Crippen LogP contribution in [0.5, 0.6) is 0 Å². The number of ketones is 1. The average molecular weight is 257 g/mol. The van der Waals surface area contributed by atoms with Crippen LogP contribution >= 0.6 is 23.1 Å². The van der Waals surface area contributed by atoms with Gasteiger partial charge in [0.1, 0.15) is 5.01 Å². The van der Waals surface area contributed by atoms with Crippen LogP contribution in [0.1, 0.15) is 60.4 Å². The van der Waals surface area contributed by atoms with Gasteiger partial charge in [-0.15, -0.1) is 11.3 Å². The third-order valence-corrected chi connectivity index (χ3v) is 4.67. The zero-order valence-corrected chi connectivity index (χ0v) is 12.0. The second-order valence-corrected chi connectivity index (χ2v) is 6.27. The van der Waals surface area contributed by atoms with Crippen molar-refractivity contribution in [1.82, 2.24) is 4.98 Å². The molecule has 1 aromatic heterocycles. The molecule has 0 saturated carbocycles. The van der Waals surface area contributed by atoms with Gasteiger partial charge in [0, 0.05) is 12.7 Å². The molecule has 0 aromatic carbocycles. The summed E-state index contributed by atoms with van der Waals surface area (Å²) in [6.07, 6.45) is 1.19. The van der Waals surface area contributed by atoms with Gasteiger partial charge in [0.25, 0.3) is 0 Å². The first-order valence-corrected chi connectivity index (χ1v) is 7.61. The van der Waals surface area contributed by atoms with Crippen LogP contribution in [0.2, 0.25) is 0 Å². The fourth-order valence-electron chi connectivity index (χ4n) is 1.39. The van der Waals surface area contributed by atoms with Gasteiger partial charge in [-0.1, -0.05) is 20.8 Å². The SMILES string of the molecule is CCCSCc1nc(C(C)C)c(C(C)=O)s1. The number of aromatic nitrogens is 1. The molecular weight excluding hydrogens is 238 g/mol. The lowest BCUT2D eigenvalue weighted by Crippen LogP contribution is -1.97. The molecular formula is C12H19NOS2. The number of nitrogens with zero attached hydrogens (tertiary/aromatic N) is 1. The quantitative estimate of drug-likeness (QED) is 0.567. The minimum atomic E-state index is 0.146. The van der Waals surface area contributed by atoms with E-state index >= 15 is 0 Å². The lowest BCUT2D eigenvalue weighted by atomic mass is 10.1. The van der Waals surface area contributed by atoms with E-state index in [0.29, 0.717) is 5.92 Å². The van der Waals surface area contributed by atoms with Gasteiger partial charge in [0.2, 0.25) is 0 Å². The largest absolute Gasteiger partial charge is 0.294 e. The van der Waals surface area contributed by atoms with Crippen molar-refractivity contribution in [2.75, 3.05) is 5.75 Å². The third-order valence-electron chi connectivity index (χ3n) is 2.14. The van der Waals surface area contributed by atoms with E-state index in [4.69, 9.17) is 0 Å². The lowest BCUT2D eigenvalue weighted by molar-refractivity contribution is 0.102. The maximum absolute atomic E-state index is 11.5. The second-order valence-electron chi connectivity index (χ2n) is 4.09. The monoisotopic (exact) mass is 257 g/mol. The van der Waals surface area contributed by atoms with Crippen molar-refractivity contribution in [3.05, 3.63) is 15.6 Å². The molecule has 0 N–H and O–H groups in total. The number of carbonyl (C=O) groups is 1.